The van der Waals surface area contributed by atoms with Crippen molar-refractivity contribution in [3.05, 3.63) is 29.3 Å². The first-order chi connectivity index (χ1) is 9.28. The molecular formula is C13H12F3NO3. The van der Waals surface area contributed by atoms with Gasteiger partial charge in [0.1, 0.15) is 0 Å². The summed E-state index contributed by atoms with van der Waals surface area (Å²) in [6, 6.07) is 4.24. The summed E-state index contributed by atoms with van der Waals surface area (Å²) in [7, 11) is 0. The molecule has 1 aromatic carbocycles. The van der Waals surface area contributed by atoms with Gasteiger partial charge >= 0.3 is 12.1 Å². The van der Waals surface area contributed by atoms with Crippen molar-refractivity contribution in [2.45, 2.75) is 25.4 Å². The zero-order valence-corrected chi connectivity index (χ0v) is 10.4. The number of halogens is 3. The number of hydrogen-bond acceptors (Lipinski definition) is 2. The maximum atomic E-state index is 12.1. The smallest absolute Gasteiger partial charge is 0.389 e. The normalized spacial score (nSPS) is 14.6. The average molecular weight is 287 g/mol. The van der Waals surface area contributed by atoms with E-state index in [0.29, 0.717) is 11.3 Å². The lowest BCUT2D eigenvalue weighted by atomic mass is 10.1. The third kappa shape index (κ3) is 3.09. The van der Waals surface area contributed by atoms with E-state index in [1.807, 2.05) is 0 Å². The number of aromatic carboxylic acids is 1. The van der Waals surface area contributed by atoms with E-state index in [4.69, 9.17) is 5.11 Å². The van der Waals surface area contributed by atoms with Crippen LogP contribution >= 0.6 is 0 Å². The Morgan fingerprint density at radius 2 is 2.05 bits per heavy atom. The topological polar surface area (TPSA) is 57.6 Å². The predicted molar refractivity (Wildman–Crippen MR) is 64.7 cm³/mol. The van der Waals surface area contributed by atoms with Crippen LogP contribution in [0.5, 0.6) is 0 Å². The fraction of sp³-hybridized carbons (Fsp3) is 0.385. The number of benzene rings is 1. The van der Waals surface area contributed by atoms with E-state index < -0.39 is 18.6 Å². The van der Waals surface area contributed by atoms with Crippen molar-refractivity contribution >= 4 is 17.6 Å². The second-order valence-corrected chi connectivity index (χ2v) is 4.59. The highest BCUT2D eigenvalue weighted by atomic mass is 19.4. The number of carboxylic acid groups (broad SMARTS) is 1. The second kappa shape index (κ2) is 5.15. The van der Waals surface area contributed by atoms with Crippen molar-refractivity contribution in [1.29, 1.82) is 0 Å². The fourth-order valence-corrected chi connectivity index (χ4v) is 2.17. The lowest BCUT2D eigenvalue weighted by molar-refractivity contribution is -0.135. The molecular weight excluding hydrogens is 275 g/mol. The molecule has 1 heterocycles. The quantitative estimate of drug-likeness (QED) is 0.926. The number of anilines is 1. The van der Waals surface area contributed by atoms with Crippen LogP contribution in [-0.2, 0) is 11.2 Å². The molecule has 1 aliphatic rings. The first-order valence-corrected chi connectivity index (χ1v) is 6.01. The molecule has 1 aromatic rings. The van der Waals surface area contributed by atoms with E-state index in [1.165, 1.54) is 23.1 Å². The van der Waals surface area contributed by atoms with Gasteiger partial charge in [-0.2, -0.15) is 13.2 Å². The first kappa shape index (κ1) is 14.4. The van der Waals surface area contributed by atoms with Gasteiger partial charge in [0.2, 0.25) is 5.91 Å². The number of alkyl halides is 3. The third-order valence-electron chi connectivity index (χ3n) is 3.11. The summed E-state index contributed by atoms with van der Waals surface area (Å²) >= 11 is 0. The second-order valence-electron chi connectivity index (χ2n) is 4.59. The zero-order chi connectivity index (χ0) is 14.9. The SMILES string of the molecule is O=C(O)c1ccc2c(c1)N(CCCC(F)(F)F)C(=O)C2. The minimum atomic E-state index is -4.26. The highest BCUT2D eigenvalue weighted by molar-refractivity contribution is 6.03. The number of hydrogen-bond donors (Lipinski definition) is 1. The van der Waals surface area contributed by atoms with Crippen LogP contribution in [0.2, 0.25) is 0 Å². The van der Waals surface area contributed by atoms with Crippen LogP contribution in [0.1, 0.15) is 28.8 Å². The number of carbonyl (C=O) groups excluding carboxylic acids is 1. The lowest BCUT2D eigenvalue weighted by Crippen LogP contribution is -2.28. The molecule has 108 valence electrons. The first-order valence-electron chi connectivity index (χ1n) is 6.01. The summed E-state index contributed by atoms with van der Waals surface area (Å²) < 4.78 is 36.3. The molecule has 0 saturated heterocycles. The van der Waals surface area contributed by atoms with Crippen molar-refractivity contribution in [2.24, 2.45) is 0 Å². The summed E-state index contributed by atoms with van der Waals surface area (Å²) in [5.74, 6) is -1.44. The molecule has 7 heteroatoms. The van der Waals surface area contributed by atoms with Crippen molar-refractivity contribution in [1.82, 2.24) is 0 Å². The van der Waals surface area contributed by atoms with Gasteiger partial charge in [-0.1, -0.05) is 6.07 Å². The van der Waals surface area contributed by atoms with E-state index in [1.54, 1.807) is 0 Å². The lowest BCUT2D eigenvalue weighted by Gasteiger charge is -2.18. The van der Waals surface area contributed by atoms with Crippen LogP contribution in [0, 0.1) is 0 Å². The van der Waals surface area contributed by atoms with Gasteiger partial charge in [-0.15, -0.1) is 0 Å². The standard InChI is InChI=1S/C13H12F3NO3/c14-13(15,16)4-1-5-17-10-6-9(12(19)20)3-2-8(10)7-11(17)18/h2-3,6H,1,4-5,7H2,(H,19,20). The van der Waals surface area contributed by atoms with E-state index in [9.17, 15) is 22.8 Å². The Balaban J connectivity index is 2.14. The molecule has 1 N–H and O–H groups in total. The molecule has 4 nitrogen and oxygen atoms in total. The molecule has 0 radical (unpaired) electrons. The Hall–Kier alpha value is -2.05. The van der Waals surface area contributed by atoms with Crippen LogP contribution in [0.15, 0.2) is 18.2 Å². The summed E-state index contributed by atoms with van der Waals surface area (Å²) in [5, 5.41) is 8.90. The van der Waals surface area contributed by atoms with Gasteiger partial charge in [-0.25, -0.2) is 4.79 Å². The Morgan fingerprint density at radius 1 is 1.35 bits per heavy atom. The Labute approximate surface area is 112 Å². The van der Waals surface area contributed by atoms with Crippen molar-refractivity contribution in [2.75, 3.05) is 11.4 Å². The van der Waals surface area contributed by atoms with Crippen molar-refractivity contribution in [3.63, 3.8) is 0 Å². The highest BCUT2D eigenvalue weighted by Crippen LogP contribution is 2.31. The Kier molecular flexibility index (Phi) is 3.69. The molecule has 1 aliphatic heterocycles. The maximum absolute atomic E-state index is 12.1. The van der Waals surface area contributed by atoms with Crippen LogP contribution in [0.4, 0.5) is 18.9 Å². The summed E-state index contributed by atoms with van der Waals surface area (Å²) in [4.78, 5) is 23.9. The monoisotopic (exact) mass is 287 g/mol. The van der Waals surface area contributed by atoms with Gasteiger partial charge < -0.3 is 10.0 Å². The molecule has 0 fully saturated rings. The molecule has 1 amide bonds. The van der Waals surface area contributed by atoms with Crippen LogP contribution < -0.4 is 4.90 Å². The average Bonchev–Trinajstić information content (AvgIpc) is 2.63. The summed E-state index contributed by atoms with van der Waals surface area (Å²) in [6.45, 7) is -0.0611. The van der Waals surface area contributed by atoms with Crippen molar-refractivity contribution in [3.8, 4) is 0 Å². The Morgan fingerprint density at radius 3 is 2.65 bits per heavy atom. The summed E-state index contributed by atoms with van der Waals surface area (Å²) in [5.41, 5.74) is 1.06. The molecule has 0 atom stereocenters. The number of carboxylic acids is 1. The van der Waals surface area contributed by atoms with E-state index >= 15 is 0 Å². The molecule has 0 aliphatic carbocycles. The predicted octanol–water partition coefficient (Wildman–Crippen LogP) is 2.62. The van der Waals surface area contributed by atoms with Crippen LogP contribution in [-0.4, -0.2) is 29.7 Å². The van der Waals surface area contributed by atoms with Gasteiger partial charge in [-0.05, 0) is 24.1 Å². The molecule has 0 saturated carbocycles. The number of amides is 1. The van der Waals surface area contributed by atoms with Gasteiger partial charge in [0.25, 0.3) is 0 Å². The van der Waals surface area contributed by atoms with Crippen molar-refractivity contribution < 1.29 is 27.9 Å². The van der Waals surface area contributed by atoms with Crippen LogP contribution in [0.25, 0.3) is 0 Å². The van der Waals surface area contributed by atoms with Crippen LogP contribution in [0.3, 0.4) is 0 Å². The van der Waals surface area contributed by atoms with Gasteiger partial charge in [0.05, 0.1) is 12.0 Å². The highest BCUT2D eigenvalue weighted by Gasteiger charge is 2.30. The molecule has 0 bridgehead atoms. The van der Waals surface area contributed by atoms with E-state index in [2.05, 4.69) is 0 Å². The molecule has 20 heavy (non-hydrogen) atoms. The largest absolute Gasteiger partial charge is 0.478 e. The molecule has 0 aromatic heterocycles. The minimum absolute atomic E-state index is 0.0132. The van der Waals surface area contributed by atoms with Gasteiger partial charge in [-0.3, -0.25) is 4.79 Å². The van der Waals surface area contributed by atoms with E-state index in [-0.39, 0.29) is 30.9 Å². The third-order valence-corrected chi connectivity index (χ3v) is 3.11. The van der Waals surface area contributed by atoms with Gasteiger partial charge in [0, 0.05) is 18.7 Å². The Bertz CT molecular complexity index is 554. The fourth-order valence-electron chi connectivity index (χ4n) is 2.17. The number of fused-ring (bicyclic) bond motifs is 1. The minimum Gasteiger partial charge on any atom is -0.478 e. The number of nitrogens with zero attached hydrogens (tertiary/aromatic N) is 1. The number of rotatable bonds is 4. The number of carbonyl (C=O) groups is 2. The maximum Gasteiger partial charge on any atom is 0.389 e. The van der Waals surface area contributed by atoms with E-state index in [0.717, 1.165) is 0 Å². The molecule has 2 rings (SSSR count). The molecule has 0 spiro atoms. The van der Waals surface area contributed by atoms with Gasteiger partial charge in [0.15, 0.2) is 0 Å². The zero-order valence-electron chi connectivity index (χ0n) is 10.4. The molecule has 0 unspecified atom stereocenters. The summed E-state index contributed by atoms with van der Waals surface area (Å²) in [6.07, 6.45) is -5.33.